The minimum absolute atomic E-state index is 0.353. The van der Waals surface area contributed by atoms with Crippen molar-refractivity contribution in [3.63, 3.8) is 0 Å². The van der Waals surface area contributed by atoms with Gasteiger partial charge in [0.05, 0.1) is 7.11 Å². The van der Waals surface area contributed by atoms with Crippen LogP contribution in [0.3, 0.4) is 0 Å². The van der Waals surface area contributed by atoms with E-state index in [0.717, 1.165) is 11.3 Å². The zero-order valence-corrected chi connectivity index (χ0v) is 11.2. The number of methoxy groups -OCH3 is 1. The summed E-state index contributed by atoms with van der Waals surface area (Å²) in [7, 11) is 1.34. The number of ether oxygens (including phenoxy) is 1. The summed E-state index contributed by atoms with van der Waals surface area (Å²) in [6.07, 6.45) is 1.43. The summed E-state index contributed by atoms with van der Waals surface area (Å²) in [6, 6.07) is 0. The summed E-state index contributed by atoms with van der Waals surface area (Å²) < 4.78 is 4.41. The number of halogens is 1. The molecule has 0 radical (unpaired) electrons. The molecule has 1 aromatic heterocycles. The van der Waals surface area contributed by atoms with E-state index in [1.54, 1.807) is 0 Å². The van der Waals surface area contributed by atoms with Crippen molar-refractivity contribution in [2.24, 2.45) is 0 Å². The summed E-state index contributed by atoms with van der Waals surface area (Å²) in [6.45, 7) is 0. The molecule has 0 fully saturated rings. The van der Waals surface area contributed by atoms with Crippen molar-refractivity contribution in [3.05, 3.63) is 16.6 Å². The van der Waals surface area contributed by atoms with Crippen LogP contribution in [0.2, 0.25) is 0 Å². The van der Waals surface area contributed by atoms with Crippen molar-refractivity contribution in [2.75, 3.05) is 7.11 Å². The Hall–Kier alpha value is 0.203. The van der Waals surface area contributed by atoms with Crippen LogP contribution in [0.5, 0.6) is 0 Å². The van der Waals surface area contributed by atoms with Crippen LogP contribution in [-0.4, -0.2) is 18.1 Å². The van der Waals surface area contributed by atoms with Crippen LogP contribution in [0.4, 0.5) is 0 Å². The Labute approximate surface area is 85.2 Å². The molecule has 1 heterocycles. The zero-order valence-electron chi connectivity index (χ0n) is 5.83. The Morgan fingerprint density at radius 1 is 1.91 bits per heavy atom. The second kappa shape index (κ2) is 6.89. The van der Waals surface area contributed by atoms with Gasteiger partial charge in [0.1, 0.15) is 0 Å². The average Bonchev–Trinajstić information content (AvgIpc) is 2.59. The molecule has 0 N–H and O–H groups in total. The molecule has 11 heavy (non-hydrogen) atoms. The van der Waals surface area contributed by atoms with Crippen LogP contribution in [-0.2, 0) is 21.1 Å². The van der Waals surface area contributed by atoms with Crippen molar-refractivity contribution in [3.8, 4) is 0 Å². The van der Waals surface area contributed by atoms with Gasteiger partial charge in [-0.05, 0) is 10.4 Å². The first-order valence-electron chi connectivity index (χ1n) is 2.51. The predicted octanol–water partition coefficient (Wildman–Crippen LogP) is 1.57. The van der Waals surface area contributed by atoms with E-state index < -0.39 is 0 Å². The number of nitrogens with zero attached hydrogens (tertiary/aromatic N) is 1. The molecule has 56 valence electrons. The summed E-state index contributed by atoms with van der Waals surface area (Å²) in [5.74, 6) is -0.353. The molecule has 0 spiro atoms. The maximum atomic E-state index is 10.6. The first-order chi connectivity index (χ1) is 5.34. The molecule has 0 unspecified atom stereocenters. The second-order valence-electron chi connectivity index (χ2n) is 1.31. The maximum absolute atomic E-state index is 10.6. The fraction of sp³-hybridized carbons (Fsp3) is 0.200. The van der Waals surface area contributed by atoms with Gasteiger partial charge in [0.25, 0.3) is 5.97 Å². The van der Waals surface area contributed by atoms with Crippen molar-refractivity contribution >= 4 is 30.9 Å². The van der Waals surface area contributed by atoms with E-state index in [9.17, 15) is 4.79 Å². The van der Waals surface area contributed by atoms with Gasteiger partial charge in [-0.2, -0.15) is 0 Å². The van der Waals surface area contributed by atoms with Crippen LogP contribution >= 0.6 is 25.0 Å². The van der Waals surface area contributed by atoms with E-state index in [1.807, 2.05) is 0 Å². The van der Waals surface area contributed by atoms with Crippen LogP contribution in [0.25, 0.3) is 0 Å². The minimum atomic E-state index is -0.353. The molecule has 0 aliphatic heterocycles. The first kappa shape index (κ1) is 11.2. The van der Waals surface area contributed by atoms with Crippen molar-refractivity contribution in [1.29, 1.82) is 0 Å². The Bertz CT molecular complexity index is 204. The van der Waals surface area contributed by atoms with E-state index >= 15 is 0 Å². The molecular weight excluding hydrogens is 283 g/mol. The Kier molecular flexibility index (Phi) is 7.01. The SMILES string of the molecule is COC(=O)c1cn[c-]s1.[Zn+][Br]. The number of thiazole rings is 1. The van der Waals surface area contributed by atoms with Gasteiger partial charge in [-0.3, -0.25) is 16.1 Å². The van der Waals surface area contributed by atoms with Gasteiger partial charge in [0, 0.05) is 0 Å². The molecule has 0 atom stereocenters. The molecule has 6 heteroatoms. The molecule has 0 aliphatic carbocycles. The predicted molar refractivity (Wildman–Crippen MR) is 41.2 cm³/mol. The molecule has 0 bridgehead atoms. The Balaban J connectivity index is 0.000000461. The van der Waals surface area contributed by atoms with E-state index in [4.69, 9.17) is 0 Å². The van der Waals surface area contributed by atoms with Crippen LogP contribution in [0, 0.1) is 5.51 Å². The number of rotatable bonds is 1. The number of esters is 1. The Morgan fingerprint density at radius 3 is 2.91 bits per heavy atom. The molecule has 3 nitrogen and oxygen atoms in total. The molecule has 0 saturated carbocycles. The van der Waals surface area contributed by atoms with Gasteiger partial charge in [0.2, 0.25) is 0 Å². The third-order valence-electron chi connectivity index (χ3n) is 0.777. The van der Waals surface area contributed by atoms with Gasteiger partial charge in [-0.15, -0.1) is 6.20 Å². The fourth-order valence-electron chi connectivity index (χ4n) is 0.382. The van der Waals surface area contributed by atoms with Gasteiger partial charge >= 0.3 is 30.0 Å². The van der Waals surface area contributed by atoms with E-state index in [2.05, 4.69) is 28.9 Å². The second-order valence-corrected chi connectivity index (χ2v) is 2.13. The third kappa shape index (κ3) is 3.94. The standard InChI is InChI=1S/C5H4NO2S.BrH.Zn/c1-8-5(7)4-2-6-3-9-4;;/h2H,1H3;1H;/q-1;;+2/p-1. The van der Waals surface area contributed by atoms with Crippen LogP contribution < -0.4 is 0 Å². The first-order valence-corrected chi connectivity index (χ1v) is 10.3. The molecule has 0 saturated heterocycles. The molecule has 0 aromatic carbocycles. The summed E-state index contributed by atoms with van der Waals surface area (Å²) in [5.41, 5.74) is 2.54. The molecule has 0 amide bonds. The van der Waals surface area contributed by atoms with Gasteiger partial charge in [-0.1, -0.05) is 0 Å². The quantitative estimate of drug-likeness (QED) is 0.447. The monoisotopic (exact) mass is 285 g/mol. The third-order valence-corrected chi connectivity index (χ3v) is 1.47. The van der Waals surface area contributed by atoms with E-state index in [-0.39, 0.29) is 5.97 Å². The number of aromatic nitrogens is 1. The zero-order chi connectivity index (χ0) is 8.69. The number of hydrogen-bond acceptors (Lipinski definition) is 4. The number of hydrogen-bond donors (Lipinski definition) is 0. The van der Waals surface area contributed by atoms with Crippen molar-refractivity contribution in [1.82, 2.24) is 4.98 Å². The van der Waals surface area contributed by atoms with E-state index in [1.165, 1.54) is 29.6 Å². The van der Waals surface area contributed by atoms with Crippen LogP contribution in [0.15, 0.2) is 6.20 Å². The van der Waals surface area contributed by atoms with E-state index in [0.29, 0.717) is 4.88 Å². The van der Waals surface area contributed by atoms with Crippen molar-refractivity contribution < 1.29 is 25.9 Å². The molecular formula is C5H4BrNO2SZn. The fourth-order valence-corrected chi connectivity index (χ4v) is 0.858. The van der Waals surface area contributed by atoms with Gasteiger partial charge in [0.15, 0.2) is 0 Å². The number of carbonyl (C=O) groups is 1. The Morgan fingerprint density at radius 2 is 2.55 bits per heavy atom. The van der Waals surface area contributed by atoms with Crippen LogP contribution in [0.1, 0.15) is 9.67 Å². The summed E-state index contributed by atoms with van der Waals surface area (Å²) in [4.78, 5) is 14.7. The average molecular weight is 287 g/mol. The topological polar surface area (TPSA) is 39.2 Å². The van der Waals surface area contributed by atoms with Gasteiger partial charge in [-0.25, -0.2) is 0 Å². The normalized spacial score (nSPS) is 8.00. The molecule has 1 aromatic rings. The summed E-state index contributed by atoms with van der Waals surface area (Å²) >= 11 is 5.39. The molecule has 0 aliphatic rings. The number of carbonyl (C=O) groups excluding carboxylic acids is 1. The molecule has 1 rings (SSSR count). The van der Waals surface area contributed by atoms with Gasteiger partial charge < -0.3 is 9.72 Å². The van der Waals surface area contributed by atoms with Crippen molar-refractivity contribution in [2.45, 2.75) is 0 Å². The summed E-state index contributed by atoms with van der Waals surface area (Å²) in [5, 5.41) is 0.